The molecule has 0 bridgehead atoms. The van der Waals surface area contributed by atoms with Gasteiger partial charge in [-0.3, -0.25) is 4.57 Å². The molecule has 4 heteroatoms. The second kappa shape index (κ2) is 9.63. The van der Waals surface area contributed by atoms with Gasteiger partial charge >= 0.3 is 0 Å². The van der Waals surface area contributed by atoms with E-state index in [-0.39, 0.29) is 11.8 Å². The number of para-hydroxylation sites is 2. The Morgan fingerprint density at radius 2 is 1.25 bits per heavy atom. The van der Waals surface area contributed by atoms with Crippen LogP contribution >= 0.6 is 0 Å². The third-order valence-electron chi connectivity index (χ3n) is 10.4. The van der Waals surface area contributed by atoms with E-state index in [4.69, 9.17) is 14.4 Å². The van der Waals surface area contributed by atoms with Gasteiger partial charge in [0.25, 0.3) is 0 Å². The SMILES string of the molecule is C1=CC2c3c(oc4ccccc34)-c3c(c4ccccc4n3-c3nc(-c4ccc5ccccc5c4)c4c(ccc5ccccc54)n3)C2C=C1. The Hall–Kier alpha value is -6.26. The first-order valence-electron chi connectivity index (χ1n) is 16.5. The van der Waals surface area contributed by atoms with Gasteiger partial charge in [-0.15, -0.1) is 0 Å². The smallest absolute Gasteiger partial charge is 0.235 e. The maximum atomic E-state index is 6.83. The number of furan rings is 1. The van der Waals surface area contributed by atoms with Gasteiger partial charge in [0, 0.05) is 39.1 Å². The molecule has 6 aromatic carbocycles. The molecular weight excluding hydrogens is 587 g/mol. The summed E-state index contributed by atoms with van der Waals surface area (Å²) in [6, 6.07) is 45.1. The number of nitrogens with zero attached hydrogens (tertiary/aromatic N) is 3. The Morgan fingerprint density at radius 3 is 2.12 bits per heavy atom. The van der Waals surface area contributed by atoms with Crippen LogP contribution in [0, 0.1) is 0 Å². The molecule has 0 saturated carbocycles. The van der Waals surface area contributed by atoms with Crippen LogP contribution in [0.5, 0.6) is 0 Å². The quantitative estimate of drug-likeness (QED) is 0.182. The number of hydrogen-bond donors (Lipinski definition) is 0. The average Bonchev–Trinajstić information content (AvgIpc) is 3.71. The number of benzene rings is 6. The topological polar surface area (TPSA) is 43.9 Å². The molecule has 2 atom stereocenters. The normalized spacial score (nSPS) is 16.6. The van der Waals surface area contributed by atoms with Gasteiger partial charge in [0.05, 0.1) is 22.4 Å². The summed E-state index contributed by atoms with van der Waals surface area (Å²) in [7, 11) is 0. The highest BCUT2D eigenvalue weighted by molar-refractivity contribution is 6.13. The number of fused-ring (bicyclic) bond motifs is 14. The summed E-state index contributed by atoms with van der Waals surface area (Å²) < 4.78 is 9.09. The number of aromatic nitrogens is 3. The molecule has 0 fully saturated rings. The van der Waals surface area contributed by atoms with Crippen molar-refractivity contribution in [3.05, 3.63) is 163 Å². The van der Waals surface area contributed by atoms with E-state index >= 15 is 0 Å². The first kappa shape index (κ1) is 25.9. The van der Waals surface area contributed by atoms with Crippen LogP contribution in [0.25, 0.3) is 83.0 Å². The van der Waals surface area contributed by atoms with E-state index in [1.54, 1.807) is 0 Å². The average molecular weight is 614 g/mol. The van der Waals surface area contributed by atoms with Crippen molar-refractivity contribution in [1.29, 1.82) is 0 Å². The number of allylic oxidation sites excluding steroid dienone is 4. The van der Waals surface area contributed by atoms with Crippen molar-refractivity contribution in [3.63, 3.8) is 0 Å². The van der Waals surface area contributed by atoms with Crippen LogP contribution in [0.1, 0.15) is 23.0 Å². The molecule has 2 unspecified atom stereocenters. The van der Waals surface area contributed by atoms with Crippen molar-refractivity contribution >= 4 is 54.3 Å². The van der Waals surface area contributed by atoms with Gasteiger partial charge in [0.2, 0.25) is 5.95 Å². The van der Waals surface area contributed by atoms with E-state index in [1.165, 1.54) is 32.7 Å². The zero-order valence-electron chi connectivity index (χ0n) is 25.8. The van der Waals surface area contributed by atoms with Crippen molar-refractivity contribution in [2.45, 2.75) is 11.8 Å². The second-order valence-corrected chi connectivity index (χ2v) is 12.9. The number of hydrogen-bond acceptors (Lipinski definition) is 3. The van der Waals surface area contributed by atoms with Crippen molar-refractivity contribution in [2.75, 3.05) is 0 Å². The lowest BCUT2D eigenvalue weighted by Crippen LogP contribution is -2.16. The molecule has 3 aromatic heterocycles. The standard InChI is InChI=1S/C44H27N3O/c1-2-13-28-25-29(22-21-26(28)11-1)41-40-30-14-4-3-12-27(30)23-24-35(40)45-44(46-41)47-36-19-9-7-17-33(36)38-31-15-5-6-16-32(31)39-34-18-8-10-20-37(34)48-43(39)42(38)47/h1-25,31-32H. The van der Waals surface area contributed by atoms with Crippen LogP contribution in [0.3, 0.4) is 0 Å². The lowest BCUT2D eigenvalue weighted by Gasteiger charge is -2.30. The first-order chi connectivity index (χ1) is 23.8. The molecule has 4 nitrogen and oxygen atoms in total. The molecule has 0 saturated heterocycles. The molecule has 0 N–H and O–H groups in total. The summed E-state index contributed by atoms with van der Waals surface area (Å²) in [5.74, 6) is 1.88. The minimum absolute atomic E-state index is 0.161. The predicted molar refractivity (Wildman–Crippen MR) is 196 cm³/mol. The molecule has 3 heterocycles. The minimum Gasteiger partial charge on any atom is -0.454 e. The zero-order chi connectivity index (χ0) is 31.3. The molecule has 0 amide bonds. The summed E-state index contributed by atoms with van der Waals surface area (Å²) in [6.45, 7) is 0. The highest BCUT2D eigenvalue weighted by Gasteiger charge is 2.40. The van der Waals surface area contributed by atoms with Crippen molar-refractivity contribution in [1.82, 2.24) is 14.5 Å². The van der Waals surface area contributed by atoms with E-state index in [1.807, 2.05) is 0 Å². The van der Waals surface area contributed by atoms with Crippen LogP contribution in [0.15, 0.2) is 156 Å². The van der Waals surface area contributed by atoms with Crippen LogP contribution < -0.4 is 0 Å². The van der Waals surface area contributed by atoms with E-state index in [9.17, 15) is 0 Å². The molecule has 2 aliphatic carbocycles. The molecule has 0 aliphatic heterocycles. The first-order valence-corrected chi connectivity index (χ1v) is 16.5. The zero-order valence-corrected chi connectivity index (χ0v) is 25.8. The highest BCUT2D eigenvalue weighted by Crippen LogP contribution is 2.56. The molecule has 48 heavy (non-hydrogen) atoms. The van der Waals surface area contributed by atoms with Crippen molar-refractivity contribution < 1.29 is 4.42 Å². The van der Waals surface area contributed by atoms with Gasteiger partial charge in [-0.05, 0) is 51.4 Å². The summed E-state index contributed by atoms with van der Waals surface area (Å²) in [4.78, 5) is 10.9. The van der Waals surface area contributed by atoms with Gasteiger partial charge < -0.3 is 4.42 Å². The van der Waals surface area contributed by atoms with Gasteiger partial charge in [0.15, 0.2) is 5.76 Å². The van der Waals surface area contributed by atoms with Gasteiger partial charge in [-0.1, -0.05) is 127 Å². The molecule has 224 valence electrons. The Bertz CT molecular complexity index is 2870. The molecule has 2 aliphatic rings. The molecule has 0 spiro atoms. The van der Waals surface area contributed by atoms with Crippen LogP contribution in [-0.2, 0) is 0 Å². The minimum atomic E-state index is 0.161. The Kier molecular flexibility index (Phi) is 5.19. The summed E-state index contributed by atoms with van der Waals surface area (Å²) in [6.07, 6.45) is 9.03. The Morgan fingerprint density at radius 1 is 0.562 bits per heavy atom. The van der Waals surface area contributed by atoms with E-state index < -0.39 is 0 Å². The lowest BCUT2D eigenvalue weighted by molar-refractivity contribution is 0.600. The van der Waals surface area contributed by atoms with Gasteiger partial charge in [-0.25, -0.2) is 9.97 Å². The van der Waals surface area contributed by atoms with Gasteiger partial charge in [0.1, 0.15) is 5.58 Å². The maximum Gasteiger partial charge on any atom is 0.235 e. The van der Waals surface area contributed by atoms with E-state index in [0.29, 0.717) is 5.95 Å². The molecule has 9 aromatic rings. The van der Waals surface area contributed by atoms with Gasteiger partial charge in [-0.2, -0.15) is 0 Å². The largest absolute Gasteiger partial charge is 0.454 e. The summed E-state index contributed by atoms with van der Waals surface area (Å²) in [5, 5.41) is 8.12. The Balaban J connectivity index is 1.29. The summed E-state index contributed by atoms with van der Waals surface area (Å²) >= 11 is 0. The Labute approximate surface area is 275 Å². The molecular formula is C44H27N3O. The highest BCUT2D eigenvalue weighted by atomic mass is 16.3. The van der Waals surface area contributed by atoms with Crippen molar-refractivity contribution in [3.8, 4) is 28.7 Å². The van der Waals surface area contributed by atoms with E-state index in [2.05, 4.69) is 156 Å². The summed E-state index contributed by atoms with van der Waals surface area (Å²) in [5.41, 5.74) is 8.39. The van der Waals surface area contributed by atoms with Crippen LogP contribution in [-0.4, -0.2) is 14.5 Å². The van der Waals surface area contributed by atoms with Crippen LogP contribution in [0.4, 0.5) is 0 Å². The predicted octanol–water partition coefficient (Wildman–Crippen LogP) is 11.3. The third kappa shape index (κ3) is 3.49. The van der Waals surface area contributed by atoms with Crippen LogP contribution in [0.2, 0.25) is 0 Å². The second-order valence-electron chi connectivity index (χ2n) is 12.9. The fourth-order valence-electron chi connectivity index (χ4n) is 8.30. The maximum absolute atomic E-state index is 6.83. The molecule has 11 rings (SSSR count). The number of rotatable bonds is 2. The molecule has 0 radical (unpaired) electrons. The monoisotopic (exact) mass is 613 g/mol. The third-order valence-corrected chi connectivity index (χ3v) is 10.4. The lowest BCUT2D eigenvalue weighted by atomic mass is 9.73. The fraction of sp³-hybridized carbons (Fsp3) is 0.0455. The van der Waals surface area contributed by atoms with E-state index in [0.717, 1.165) is 55.5 Å². The van der Waals surface area contributed by atoms with Crippen molar-refractivity contribution in [2.24, 2.45) is 0 Å². The fourth-order valence-corrected chi connectivity index (χ4v) is 8.30.